The minimum Gasteiger partial charge on any atom is -0.462 e. The molecule has 0 amide bonds. The molecular weight excluding hydrogens is 1220 g/mol. The minimum atomic E-state index is -4.95. The van der Waals surface area contributed by atoms with Crippen molar-refractivity contribution in [2.24, 2.45) is 11.8 Å². The highest BCUT2D eigenvalue weighted by atomic mass is 31.2. The molecule has 0 aromatic rings. The van der Waals surface area contributed by atoms with Crippen LogP contribution in [-0.4, -0.2) is 96.7 Å². The lowest BCUT2D eigenvalue weighted by Gasteiger charge is -2.21. The molecule has 3 unspecified atom stereocenters. The van der Waals surface area contributed by atoms with Gasteiger partial charge in [0.25, 0.3) is 0 Å². The molecule has 6 atom stereocenters. The van der Waals surface area contributed by atoms with E-state index in [-0.39, 0.29) is 25.7 Å². The number of aliphatic hydroxyl groups is 1. The summed E-state index contributed by atoms with van der Waals surface area (Å²) in [6.07, 6.45) is 53.0. The minimum absolute atomic E-state index is 0.104. The van der Waals surface area contributed by atoms with E-state index in [1.54, 1.807) is 0 Å². The van der Waals surface area contributed by atoms with E-state index in [0.29, 0.717) is 25.7 Å². The van der Waals surface area contributed by atoms with Gasteiger partial charge >= 0.3 is 39.5 Å². The molecule has 0 saturated heterocycles. The molecule has 3 N–H and O–H groups in total. The number of ether oxygens (including phenoxy) is 4. The second-order valence-corrected chi connectivity index (χ2v) is 30.3. The van der Waals surface area contributed by atoms with E-state index >= 15 is 0 Å². The van der Waals surface area contributed by atoms with E-state index in [0.717, 1.165) is 108 Å². The smallest absolute Gasteiger partial charge is 0.462 e. The summed E-state index contributed by atoms with van der Waals surface area (Å²) < 4.78 is 68.3. The molecule has 0 spiro atoms. The van der Waals surface area contributed by atoms with Crippen molar-refractivity contribution >= 4 is 39.5 Å². The Hall–Kier alpha value is -1.94. The molecule has 0 bridgehead atoms. The van der Waals surface area contributed by atoms with Gasteiger partial charge in [0.1, 0.15) is 19.3 Å². The van der Waals surface area contributed by atoms with Crippen molar-refractivity contribution in [3.05, 3.63) is 0 Å². The summed E-state index contributed by atoms with van der Waals surface area (Å²) in [6.45, 7) is 9.50. The molecule has 0 aliphatic rings. The molecule has 0 aromatic heterocycles. The lowest BCUT2D eigenvalue weighted by Crippen LogP contribution is -2.30. The normalized spacial score (nSPS) is 14.3. The topological polar surface area (TPSA) is 237 Å². The molecule has 0 radical (unpaired) electrons. The van der Waals surface area contributed by atoms with Crippen LogP contribution in [0.5, 0.6) is 0 Å². The van der Waals surface area contributed by atoms with Crippen molar-refractivity contribution in [1.29, 1.82) is 0 Å². The van der Waals surface area contributed by atoms with E-state index in [1.807, 2.05) is 0 Å². The number of esters is 4. The van der Waals surface area contributed by atoms with Crippen molar-refractivity contribution in [3.8, 4) is 0 Å². The standard InChI is InChI=1S/C74H144O17P2/c1-7-10-12-14-16-18-19-20-21-22-23-24-25-26-27-28-29-30-31-40-46-52-58-73(78)90-70(63-85-72(77)57-51-45-39-35-33-37-43-49-55-67(6)9-3)65-89-93(82,83)87-61-68(75)60-86-92(80,81)88-64-69(62-84-71(76)56-50-44-38-17-15-13-11-8-2)91-74(79)59-53-47-41-34-32-36-42-48-54-66(4)5/h66-70,75H,7-65H2,1-6H3,(H,80,81)(H,82,83)/t67?,68-,69+,70+/m0/s1. The van der Waals surface area contributed by atoms with Gasteiger partial charge in [0.15, 0.2) is 12.2 Å². The Balaban J connectivity index is 5.15. The predicted octanol–water partition coefficient (Wildman–Crippen LogP) is 21.6. The Morgan fingerprint density at radius 1 is 0.312 bits per heavy atom. The van der Waals surface area contributed by atoms with Gasteiger partial charge < -0.3 is 33.8 Å². The van der Waals surface area contributed by atoms with Crippen LogP contribution in [0.1, 0.15) is 382 Å². The van der Waals surface area contributed by atoms with E-state index in [4.69, 9.17) is 37.0 Å². The molecule has 19 heteroatoms. The molecule has 0 aromatic carbocycles. The fourth-order valence-corrected chi connectivity index (χ4v) is 12.8. The molecule has 0 aliphatic carbocycles. The number of hydrogen-bond acceptors (Lipinski definition) is 15. The van der Waals surface area contributed by atoms with E-state index < -0.39 is 97.5 Å². The van der Waals surface area contributed by atoms with Crippen molar-refractivity contribution < 1.29 is 80.2 Å². The summed E-state index contributed by atoms with van der Waals surface area (Å²) in [6, 6.07) is 0. The number of rotatable bonds is 73. The Bertz CT molecular complexity index is 1810. The van der Waals surface area contributed by atoms with Crippen molar-refractivity contribution in [1.82, 2.24) is 0 Å². The number of aliphatic hydroxyl groups excluding tert-OH is 1. The van der Waals surface area contributed by atoms with Gasteiger partial charge in [-0.2, -0.15) is 0 Å². The summed E-state index contributed by atoms with van der Waals surface area (Å²) >= 11 is 0. The number of phosphoric ester groups is 2. The summed E-state index contributed by atoms with van der Waals surface area (Å²) in [4.78, 5) is 72.6. The van der Waals surface area contributed by atoms with Gasteiger partial charge in [0.2, 0.25) is 0 Å². The third-order valence-corrected chi connectivity index (χ3v) is 19.5. The summed E-state index contributed by atoms with van der Waals surface area (Å²) in [7, 11) is -9.90. The van der Waals surface area contributed by atoms with Crippen LogP contribution in [-0.2, 0) is 65.4 Å². The predicted molar refractivity (Wildman–Crippen MR) is 377 cm³/mol. The first-order chi connectivity index (χ1) is 44.9. The number of hydrogen-bond donors (Lipinski definition) is 3. The van der Waals surface area contributed by atoms with Crippen LogP contribution in [0.2, 0.25) is 0 Å². The van der Waals surface area contributed by atoms with Gasteiger partial charge in [-0.15, -0.1) is 0 Å². The first-order valence-corrected chi connectivity index (χ1v) is 41.5. The van der Waals surface area contributed by atoms with Crippen LogP contribution in [0.4, 0.5) is 0 Å². The first-order valence-electron chi connectivity index (χ1n) is 38.5. The van der Waals surface area contributed by atoms with Crippen LogP contribution >= 0.6 is 15.6 Å². The molecule has 0 rings (SSSR count). The second kappa shape index (κ2) is 66.0. The van der Waals surface area contributed by atoms with Gasteiger partial charge in [-0.05, 0) is 37.5 Å². The third kappa shape index (κ3) is 67.0. The van der Waals surface area contributed by atoms with Crippen molar-refractivity contribution in [2.75, 3.05) is 39.6 Å². The van der Waals surface area contributed by atoms with E-state index in [9.17, 15) is 43.2 Å². The highest BCUT2D eigenvalue weighted by Crippen LogP contribution is 2.45. The van der Waals surface area contributed by atoms with Crippen LogP contribution in [0, 0.1) is 11.8 Å². The number of carbonyl (C=O) groups is 4. The van der Waals surface area contributed by atoms with Gasteiger partial charge in [-0.3, -0.25) is 37.3 Å². The maximum absolute atomic E-state index is 13.1. The SMILES string of the molecule is CCCCCCCCCCCCCCCCCCCCCCCCC(=O)O[C@H](COC(=O)CCCCCCCCCCC(C)CC)COP(=O)(O)OC[C@@H](O)COP(=O)(O)OC[C@@H](COC(=O)CCCCCCCCCC)OC(=O)CCCCCCCCCCC(C)C. The number of phosphoric acid groups is 2. The zero-order chi connectivity index (χ0) is 68.6. The Morgan fingerprint density at radius 2 is 0.548 bits per heavy atom. The molecule has 0 heterocycles. The lowest BCUT2D eigenvalue weighted by molar-refractivity contribution is -0.161. The van der Waals surface area contributed by atoms with Gasteiger partial charge in [-0.1, -0.05) is 330 Å². The lowest BCUT2D eigenvalue weighted by atomic mass is 9.99. The number of unbranched alkanes of at least 4 members (excludes halogenated alkanes) is 42. The van der Waals surface area contributed by atoms with Gasteiger partial charge in [0, 0.05) is 25.7 Å². The average Bonchev–Trinajstić information content (AvgIpc) is 2.22. The number of carbonyl (C=O) groups excluding carboxylic acids is 4. The molecule has 17 nitrogen and oxygen atoms in total. The molecule has 93 heavy (non-hydrogen) atoms. The highest BCUT2D eigenvalue weighted by molar-refractivity contribution is 7.47. The van der Waals surface area contributed by atoms with E-state index in [1.165, 1.54) is 193 Å². The summed E-state index contributed by atoms with van der Waals surface area (Å²) in [5.74, 6) is -0.630. The van der Waals surface area contributed by atoms with Gasteiger partial charge in [-0.25, -0.2) is 9.13 Å². The zero-order valence-corrected chi connectivity index (χ0v) is 62.3. The molecule has 0 fully saturated rings. The van der Waals surface area contributed by atoms with E-state index in [2.05, 4.69) is 41.5 Å². The van der Waals surface area contributed by atoms with Crippen molar-refractivity contribution in [3.63, 3.8) is 0 Å². The first kappa shape index (κ1) is 91.1. The van der Waals surface area contributed by atoms with Crippen molar-refractivity contribution in [2.45, 2.75) is 400 Å². The molecule has 552 valence electrons. The van der Waals surface area contributed by atoms with Crippen LogP contribution in [0.25, 0.3) is 0 Å². The van der Waals surface area contributed by atoms with Crippen LogP contribution < -0.4 is 0 Å². The molecule has 0 aliphatic heterocycles. The average molecular weight is 1370 g/mol. The van der Waals surface area contributed by atoms with Crippen LogP contribution in [0.15, 0.2) is 0 Å². The largest absolute Gasteiger partial charge is 0.472 e. The second-order valence-electron chi connectivity index (χ2n) is 27.4. The third-order valence-electron chi connectivity index (χ3n) is 17.6. The highest BCUT2D eigenvalue weighted by Gasteiger charge is 2.30. The maximum atomic E-state index is 13.1. The fraction of sp³-hybridized carbons (Fsp3) is 0.946. The molecular formula is C74H144O17P2. The van der Waals surface area contributed by atoms with Gasteiger partial charge in [0.05, 0.1) is 26.4 Å². The zero-order valence-electron chi connectivity index (χ0n) is 60.6. The summed E-state index contributed by atoms with van der Waals surface area (Å²) in [5.41, 5.74) is 0. The molecule has 0 saturated carbocycles. The summed E-state index contributed by atoms with van der Waals surface area (Å²) in [5, 5.41) is 10.6. The maximum Gasteiger partial charge on any atom is 0.472 e. The fourth-order valence-electron chi connectivity index (χ4n) is 11.3. The Kier molecular flexibility index (Phi) is 64.6. The monoisotopic (exact) mass is 1370 g/mol. The quantitative estimate of drug-likeness (QED) is 0.0222. The Morgan fingerprint density at radius 3 is 0.817 bits per heavy atom. The van der Waals surface area contributed by atoms with Crippen LogP contribution in [0.3, 0.4) is 0 Å². The Labute approximate surface area is 568 Å².